The highest BCUT2D eigenvalue weighted by molar-refractivity contribution is 7.17. The number of nitrogens with zero attached hydrogens (tertiary/aromatic N) is 1. The van der Waals surface area contributed by atoms with E-state index in [-0.39, 0.29) is 21.8 Å². The van der Waals surface area contributed by atoms with Crippen molar-refractivity contribution in [2.75, 3.05) is 5.32 Å². The van der Waals surface area contributed by atoms with Crippen LogP contribution in [0.2, 0.25) is 10.0 Å². The minimum absolute atomic E-state index is 0.0423. The smallest absolute Gasteiger partial charge is 0.152 e. The number of hydrogen-bond donors (Lipinski definition) is 2. The largest absolute Gasteiger partial charge is 0.505 e. The average Bonchev–Trinajstić information content (AvgIpc) is 2.91. The van der Waals surface area contributed by atoms with Crippen LogP contribution >= 0.6 is 34.5 Å². The van der Waals surface area contributed by atoms with E-state index < -0.39 is 0 Å². The molecule has 1 aromatic carbocycles. The number of benzene rings is 1. The van der Waals surface area contributed by atoms with Gasteiger partial charge in [-0.25, -0.2) is 0 Å². The normalized spacial score (nSPS) is 12.5. The summed E-state index contributed by atoms with van der Waals surface area (Å²) in [5, 5.41) is 15.4. The molecular formula is C15H12Cl2N2OS. The van der Waals surface area contributed by atoms with Gasteiger partial charge in [-0.3, -0.25) is 4.98 Å². The maximum absolute atomic E-state index is 9.58. The Labute approximate surface area is 136 Å². The summed E-state index contributed by atoms with van der Waals surface area (Å²) in [5.74, 6) is -0.0989. The van der Waals surface area contributed by atoms with Crippen molar-refractivity contribution in [3.05, 3.63) is 51.5 Å². The molecule has 3 rings (SSSR count). The van der Waals surface area contributed by atoms with E-state index in [9.17, 15) is 5.11 Å². The summed E-state index contributed by atoms with van der Waals surface area (Å²) >= 11 is 13.5. The molecule has 21 heavy (non-hydrogen) atoms. The number of aromatic nitrogens is 1. The molecule has 0 aliphatic carbocycles. The van der Waals surface area contributed by atoms with E-state index in [0.717, 1.165) is 21.5 Å². The standard InChI is InChI=1S/C15H12Cl2N2OS/c1-8(9-4-14-13(18-7-9)2-3-21-14)19-10-5-11(16)15(20)12(17)6-10/h2-8,19-20H,1H3. The summed E-state index contributed by atoms with van der Waals surface area (Å²) in [6.45, 7) is 2.03. The van der Waals surface area contributed by atoms with Crippen molar-refractivity contribution >= 4 is 50.4 Å². The second-order valence-corrected chi connectivity index (χ2v) is 6.49. The van der Waals surface area contributed by atoms with E-state index in [4.69, 9.17) is 23.2 Å². The van der Waals surface area contributed by atoms with Crippen molar-refractivity contribution in [3.63, 3.8) is 0 Å². The van der Waals surface area contributed by atoms with Gasteiger partial charge in [-0.05, 0) is 42.1 Å². The SMILES string of the molecule is CC(Nc1cc(Cl)c(O)c(Cl)c1)c1cnc2ccsc2c1. The maximum atomic E-state index is 9.58. The Bertz CT molecular complexity index is 780. The van der Waals surface area contributed by atoms with Gasteiger partial charge < -0.3 is 10.4 Å². The number of anilines is 1. The average molecular weight is 339 g/mol. The number of aromatic hydroxyl groups is 1. The lowest BCUT2D eigenvalue weighted by atomic mass is 10.1. The fourth-order valence-electron chi connectivity index (χ4n) is 2.08. The van der Waals surface area contributed by atoms with E-state index >= 15 is 0 Å². The highest BCUT2D eigenvalue weighted by Gasteiger charge is 2.11. The minimum atomic E-state index is -0.0989. The molecular weight excluding hydrogens is 327 g/mol. The zero-order valence-electron chi connectivity index (χ0n) is 11.1. The first-order valence-corrected chi connectivity index (χ1v) is 7.96. The van der Waals surface area contributed by atoms with Crippen molar-refractivity contribution in [3.8, 4) is 5.75 Å². The van der Waals surface area contributed by atoms with Gasteiger partial charge in [-0.1, -0.05) is 23.2 Å². The van der Waals surface area contributed by atoms with Gasteiger partial charge in [0.2, 0.25) is 0 Å². The molecule has 2 N–H and O–H groups in total. The van der Waals surface area contributed by atoms with Crippen molar-refractivity contribution in [1.29, 1.82) is 0 Å². The Morgan fingerprint density at radius 3 is 2.67 bits per heavy atom. The molecule has 0 saturated heterocycles. The highest BCUT2D eigenvalue weighted by atomic mass is 35.5. The molecule has 0 radical (unpaired) electrons. The number of thiophene rings is 1. The molecule has 0 bridgehead atoms. The zero-order valence-corrected chi connectivity index (χ0v) is 13.4. The predicted octanol–water partition coefficient (Wildman–Crippen LogP) is 5.48. The van der Waals surface area contributed by atoms with E-state index in [2.05, 4.69) is 16.4 Å². The van der Waals surface area contributed by atoms with Gasteiger partial charge >= 0.3 is 0 Å². The third kappa shape index (κ3) is 2.93. The number of fused-ring (bicyclic) bond motifs is 1. The fourth-order valence-corrected chi connectivity index (χ4v) is 3.36. The van der Waals surface area contributed by atoms with Crippen LogP contribution in [0.4, 0.5) is 5.69 Å². The summed E-state index contributed by atoms with van der Waals surface area (Å²) in [6.07, 6.45) is 1.86. The van der Waals surface area contributed by atoms with Crippen LogP contribution in [0.3, 0.4) is 0 Å². The van der Waals surface area contributed by atoms with E-state index in [0.29, 0.717) is 0 Å². The summed E-state index contributed by atoms with van der Waals surface area (Å²) in [4.78, 5) is 4.43. The second-order valence-electron chi connectivity index (χ2n) is 4.73. The Morgan fingerprint density at radius 1 is 1.24 bits per heavy atom. The molecule has 0 fully saturated rings. The number of pyridine rings is 1. The van der Waals surface area contributed by atoms with Crippen molar-refractivity contribution < 1.29 is 5.11 Å². The number of rotatable bonds is 3. The maximum Gasteiger partial charge on any atom is 0.152 e. The fraction of sp³-hybridized carbons (Fsp3) is 0.133. The lowest BCUT2D eigenvalue weighted by Crippen LogP contribution is -2.06. The third-order valence-corrected chi connectivity index (χ3v) is 4.65. The van der Waals surface area contributed by atoms with Crippen LogP contribution < -0.4 is 5.32 Å². The first kappa shape index (κ1) is 14.4. The number of phenols is 1. The molecule has 2 aromatic heterocycles. The molecule has 108 valence electrons. The Balaban J connectivity index is 1.86. The summed E-state index contributed by atoms with van der Waals surface area (Å²) in [7, 11) is 0. The van der Waals surface area contributed by atoms with Crippen molar-refractivity contribution in [2.24, 2.45) is 0 Å². The van der Waals surface area contributed by atoms with Gasteiger partial charge in [0.25, 0.3) is 0 Å². The second kappa shape index (κ2) is 5.72. The molecule has 0 amide bonds. The van der Waals surface area contributed by atoms with Gasteiger partial charge in [-0.15, -0.1) is 11.3 Å². The zero-order chi connectivity index (χ0) is 15.0. The number of hydrogen-bond acceptors (Lipinski definition) is 4. The van der Waals surface area contributed by atoms with Crippen LogP contribution in [0.1, 0.15) is 18.5 Å². The molecule has 2 heterocycles. The summed E-state index contributed by atoms with van der Waals surface area (Å²) < 4.78 is 1.16. The van der Waals surface area contributed by atoms with Crippen molar-refractivity contribution in [1.82, 2.24) is 4.98 Å². The lowest BCUT2D eigenvalue weighted by molar-refractivity contribution is 0.476. The Kier molecular flexibility index (Phi) is 3.93. The minimum Gasteiger partial charge on any atom is -0.505 e. The van der Waals surface area contributed by atoms with Crippen LogP contribution in [0.25, 0.3) is 10.2 Å². The molecule has 3 nitrogen and oxygen atoms in total. The Morgan fingerprint density at radius 2 is 1.95 bits per heavy atom. The number of nitrogens with one attached hydrogen (secondary N) is 1. The van der Waals surface area contributed by atoms with Gasteiger partial charge in [0.05, 0.1) is 26.3 Å². The molecule has 1 unspecified atom stereocenters. The van der Waals surface area contributed by atoms with Crippen LogP contribution in [-0.2, 0) is 0 Å². The first-order valence-electron chi connectivity index (χ1n) is 6.32. The Hall–Kier alpha value is -1.49. The van der Waals surface area contributed by atoms with Crippen molar-refractivity contribution in [2.45, 2.75) is 13.0 Å². The van der Waals surface area contributed by atoms with E-state index in [1.807, 2.05) is 24.6 Å². The predicted molar refractivity (Wildman–Crippen MR) is 89.8 cm³/mol. The van der Waals surface area contributed by atoms with Gasteiger partial charge in [0.1, 0.15) is 0 Å². The van der Waals surface area contributed by atoms with Crippen LogP contribution in [0.5, 0.6) is 5.75 Å². The van der Waals surface area contributed by atoms with Crippen LogP contribution in [-0.4, -0.2) is 10.1 Å². The first-order chi connectivity index (χ1) is 10.0. The third-order valence-electron chi connectivity index (χ3n) is 3.22. The molecule has 0 spiro atoms. The number of halogens is 2. The monoisotopic (exact) mass is 338 g/mol. The van der Waals surface area contributed by atoms with Crippen LogP contribution in [0.15, 0.2) is 35.8 Å². The topological polar surface area (TPSA) is 45.1 Å². The van der Waals surface area contributed by atoms with Gasteiger partial charge in [0, 0.05) is 11.9 Å². The van der Waals surface area contributed by atoms with Gasteiger partial charge in [-0.2, -0.15) is 0 Å². The summed E-state index contributed by atoms with van der Waals surface area (Å²) in [6, 6.07) is 7.46. The molecule has 0 aliphatic rings. The van der Waals surface area contributed by atoms with E-state index in [1.54, 1.807) is 23.5 Å². The molecule has 1 atom stereocenters. The van der Waals surface area contributed by atoms with Gasteiger partial charge in [0.15, 0.2) is 5.75 Å². The quantitative estimate of drug-likeness (QED) is 0.621. The van der Waals surface area contributed by atoms with E-state index in [1.165, 1.54) is 0 Å². The molecule has 6 heteroatoms. The summed E-state index contributed by atoms with van der Waals surface area (Å²) in [5.41, 5.74) is 2.83. The molecule has 0 aliphatic heterocycles. The highest BCUT2D eigenvalue weighted by Crippen LogP contribution is 2.35. The number of phenolic OH excluding ortho intramolecular Hbond substituents is 1. The molecule has 3 aromatic rings. The molecule has 0 saturated carbocycles. The van der Waals surface area contributed by atoms with Crippen LogP contribution in [0, 0.1) is 0 Å². The lowest BCUT2D eigenvalue weighted by Gasteiger charge is -2.16.